The van der Waals surface area contributed by atoms with Crippen LogP contribution in [0.4, 0.5) is 15.8 Å². The fraction of sp³-hybridized carbons (Fsp3) is 0.300. The lowest BCUT2D eigenvalue weighted by Crippen LogP contribution is -2.33. The van der Waals surface area contributed by atoms with Gasteiger partial charge in [-0.3, -0.25) is 9.20 Å². The maximum atomic E-state index is 14.6. The average Bonchev–Trinajstić information content (AvgIpc) is 2.97. The molecular formula is C20H21FN4OS. The number of pyridine rings is 1. The Morgan fingerprint density at radius 2 is 1.96 bits per heavy atom. The Hall–Kier alpha value is -2.54. The zero-order valence-corrected chi connectivity index (χ0v) is 16.1. The molecule has 3 heterocycles. The molecule has 1 amide bonds. The zero-order chi connectivity index (χ0) is 19.0. The number of anilines is 2. The summed E-state index contributed by atoms with van der Waals surface area (Å²) in [5.74, 6) is 1.39. The van der Waals surface area contributed by atoms with Crippen LogP contribution in [0, 0.1) is 19.7 Å². The molecule has 1 aromatic carbocycles. The standard InChI is InChI=1S/C20H21FN4OS/c1-13-5-6-25-18(11-13)22-14(2)19(25)20(26)23-15-3-4-17(16(21)12-15)24-7-9-27-10-8-24/h3-6,11-12H,7-10H2,1-2H3,(H,23,26). The molecule has 7 heteroatoms. The summed E-state index contributed by atoms with van der Waals surface area (Å²) in [6, 6.07) is 8.73. The van der Waals surface area contributed by atoms with E-state index in [1.54, 1.807) is 23.5 Å². The lowest BCUT2D eigenvalue weighted by Gasteiger charge is -2.28. The van der Waals surface area contributed by atoms with Crippen LogP contribution >= 0.6 is 11.8 Å². The molecular weight excluding hydrogens is 363 g/mol. The third-order valence-corrected chi connectivity index (χ3v) is 5.67. The van der Waals surface area contributed by atoms with Crippen LogP contribution in [0.3, 0.4) is 0 Å². The first-order valence-electron chi connectivity index (χ1n) is 8.92. The third kappa shape index (κ3) is 3.51. The van der Waals surface area contributed by atoms with E-state index in [-0.39, 0.29) is 11.7 Å². The molecule has 1 saturated heterocycles. The molecule has 0 spiro atoms. The molecule has 2 aromatic heterocycles. The van der Waals surface area contributed by atoms with E-state index in [0.717, 1.165) is 35.8 Å². The van der Waals surface area contributed by atoms with Crippen LogP contribution in [0.15, 0.2) is 36.5 Å². The van der Waals surface area contributed by atoms with Gasteiger partial charge in [0.25, 0.3) is 5.91 Å². The number of carbonyl (C=O) groups excluding carboxylic acids is 1. The summed E-state index contributed by atoms with van der Waals surface area (Å²) in [7, 11) is 0. The van der Waals surface area contributed by atoms with Crippen molar-refractivity contribution in [3.8, 4) is 0 Å². The Morgan fingerprint density at radius 3 is 2.70 bits per heavy atom. The highest BCUT2D eigenvalue weighted by Crippen LogP contribution is 2.26. The highest BCUT2D eigenvalue weighted by molar-refractivity contribution is 7.99. The van der Waals surface area contributed by atoms with Gasteiger partial charge in [-0.1, -0.05) is 0 Å². The fourth-order valence-electron chi connectivity index (χ4n) is 3.37. The highest BCUT2D eigenvalue weighted by Gasteiger charge is 2.19. The van der Waals surface area contributed by atoms with Gasteiger partial charge in [-0.05, 0) is 49.7 Å². The monoisotopic (exact) mass is 384 g/mol. The summed E-state index contributed by atoms with van der Waals surface area (Å²) in [6.07, 6.45) is 1.83. The van der Waals surface area contributed by atoms with E-state index in [4.69, 9.17) is 0 Å². The molecule has 0 radical (unpaired) electrons. The molecule has 0 unspecified atom stereocenters. The van der Waals surface area contributed by atoms with Crippen LogP contribution in [0.5, 0.6) is 0 Å². The Balaban J connectivity index is 1.58. The lowest BCUT2D eigenvalue weighted by molar-refractivity contribution is 0.102. The lowest BCUT2D eigenvalue weighted by atomic mass is 10.2. The van der Waals surface area contributed by atoms with Crippen molar-refractivity contribution in [2.24, 2.45) is 0 Å². The minimum absolute atomic E-state index is 0.301. The first kappa shape index (κ1) is 17.9. The SMILES string of the molecule is Cc1ccn2c(C(=O)Nc3ccc(N4CCSCC4)c(F)c3)c(C)nc2c1. The minimum Gasteiger partial charge on any atom is -0.368 e. The molecule has 0 aliphatic carbocycles. The number of amides is 1. The van der Waals surface area contributed by atoms with Gasteiger partial charge < -0.3 is 10.2 Å². The summed E-state index contributed by atoms with van der Waals surface area (Å²) < 4.78 is 16.3. The number of halogens is 1. The van der Waals surface area contributed by atoms with Crippen molar-refractivity contribution in [1.29, 1.82) is 0 Å². The first-order chi connectivity index (χ1) is 13.0. The first-order valence-corrected chi connectivity index (χ1v) is 10.1. The molecule has 0 atom stereocenters. The molecule has 0 saturated carbocycles. The van der Waals surface area contributed by atoms with Crippen LogP contribution in [-0.4, -0.2) is 39.9 Å². The molecule has 1 N–H and O–H groups in total. The van der Waals surface area contributed by atoms with Crippen molar-refractivity contribution in [3.63, 3.8) is 0 Å². The molecule has 140 valence electrons. The molecule has 1 fully saturated rings. The summed E-state index contributed by atoms with van der Waals surface area (Å²) in [6.45, 7) is 5.46. The van der Waals surface area contributed by atoms with Crippen molar-refractivity contribution in [2.45, 2.75) is 13.8 Å². The van der Waals surface area contributed by atoms with E-state index in [1.807, 2.05) is 41.9 Å². The Bertz CT molecular complexity index is 1010. The molecule has 4 rings (SSSR count). The van der Waals surface area contributed by atoms with E-state index in [1.165, 1.54) is 6.07 Å². The van der Waals surface area contributed by atoms with E-state index < -0.39 is 0 Å². The largest absolute Gasteiger partial charge is 0.368 e. The van der Waals surface area contributed by atoms with Crippen molar-refractivity contribution in [2.75, 3.05) is 34.8 Å². The normalized spacial score (nSPS) is 14.6. The number of nitrogens with one attached hydrogen (secondary N) is 1. The van der Waals surface area contributed by atoms with Gasteiger partial charge in [0, 0.05) is 36.5 Å². The molecule has 0 bridgehead atoms. The molecule has 27 heavy (non-hydrogen) atoms. The Morgan fingerprint density at radius 1 is 1.19 bits per heavy atom. The van der Waals surface area contributed by atoms with Crippen molar-refractivity contribution >= 4 is 34.7 Å². The topological polar surface area (TPSA) is 49.6 Å². The fourth-order valence-corrected chi connectivity index (χ4v) is 4.28. The van der Waals surface area contributed by atoms with Gasteiger partial charge >= 0.3 is 0 Å². The number of thioether (sulfide) groups is 1. The van der Waals surface area contributed by atoms with Crippen LogP contribution < -0.4 is 10.2 Å². The number of carbonyl (C=O) groups is 1. The van der Waals surface area contributed by atoms with E-state index in [0.29, 0.717) is 22.8 Å². The van der Waals surface area contributed by atoms with E-state index in [9.17, 15) is 9.18 Å². The summed E-state index contributed by atoms with van der Waals surface area (Å²) in [5.41, 5.74) is 3.93. The van der Waals surface area contributed by atoms with Gasteiger partial charge in [0.15, 0.2) is 0 Å². The highest BCUT2D eigenvalue weighted by atomic mass is 32.2. The predicted octanol–water partition coefficient (Wildman–Crippen LogP) is 3.90. The van der Waals surface area contributed by atoms with E-state index in [2.05, 4.69) is 10.3 Å². The van der Waals surface area contributed by atoms with Gasteiger partial charge in [0.1, 0.15) is 17.2 Å². The second kappa shape index (κ2) is 7.23. The number of rotatable bonds is 3. The van der Waals surface area contributed by atoms with Gasteiger partial charge in [-0.25, -0.2) is 9.37 Å². The number of imidazole rings is 1. The average molecular weight is 384 g/mol. The Labute approximate surface area is 161 Å². The maximum absolute atomic E-state index is 14.6. The molecule has 1 aliphatic heterocycles. The number of hydrogen-bond donors (Lipinski definition) is 1. The quantitative estimate of drug-likeness (QED) is 0.744. The second-order valence-corrected chi connectivity index (χ2v) is 7.92. The zero-order valence-electron chi connectivity index (χ0n) is 15.3. The smallest absolute Gasteiger partial charge is 0.274 e. The van der Waals surface area contributed by atoms with Crippen LogP contribution in [0.2, 0.25) is 0 Å². The third-order valence-electron chi connectivity index (χ3n) is 4.73. The molecule has 5 nitrogen and oxygen atoms in total. The number of fused-ring (bicyclic) bond motifs is 1. The van der Waals surface area contributed by atoms with Gasteiger partial charge in [-0.2, -0.15) is 11.8 Å². The maximum Gasteiger partial charge on any atom is 0.274 e. The molecule has 1 aliphatic rings. The van der Waals surface area contributed by atoms with Crippen molar-refractivity contribution < 1.29 is 9.18 Å². The number of aryl methyl sites for hydroxylation is 2. The van der Waals surface area contributed by atoms with Gasteiger partial charge in [-0.15, -0.1) is 0 Å². The van der Waals surface area contributed by atoms with Crippen molar-refractivity contribution in [3.05, 3.63) is 59.3 Å². The summed E-state index contributed by atoms with van der Waals surface area (Å²) in [5, 5.41) is 2.80. The second-order valence-electron chi connectivity index (χ2n) is 6.70. The number of hydrogen-bond acceptors (Lipinski definition) is 4. The number of aromatic nitrogens is 2. The van der Waals surface area contributed by atoms with Gasteiger partial charge in [0.05, 0.1) is 11.4 Å². The van der Waals surface area contributed by atoms with Crippen LogP contribution in [-0.2, 0) is 0 Å². The van der Waals surface area contributed by atoms with Gasteiger partial charge in [0.2, 0.25) is 0 Å². The predicted molar refractivity (Wildman–Crippen MR) is 109 cm³/mol. The number of benzene rings is 1. The minimum atomic E-state index is -0.315. The summed E-state index contributed by atoms with van der Waals surface area (Å²) >= 11 is 1.88. The molecule has 3 aromatic rings. The van der Waals surface area contributed by atoms with E-state index >= 15 is 0 Å². The number of nitrogens with zero attached hydrogens (tertiary/aromatic N) is 3. The van der Waals surface area contributed by atoms with Crippen molar-refractivity contribution in [1.82, 2.24) is 9.38 Å². The Kier molecular flexibility index (Phi) is 4.78. The van der Waals surface area contributed by atoms with Crippen LogP contribution in [0.25, 0.3) is 5.65 Å². The summed E-state index contributed by atoms with van der Waals surface area (Å²) in [4.78, 5) is 19.3. The van der Waals surface area contributed by atoms with Crippen LogP contribution in [0.1, 0.15) is 21.7 Å².